The van der Waals surface area contributed by atoms with Gasteiger partial charge in [0, 0.05) is 12.6 Å². The molecule has 1 N–H and O–H groups in total. The highest BCUT2D eigenvalue weighted by molar-refractivity contribution is 5.13. The third-order valence-corrected chi connectivity index (χ3v) is 2.42. The van der Waals surface area contributed by atoms with Crippen molar-refractivity contribution in [1.29, 1.82) is 0 Å². The van der Waals surface area contributed by atoms with Gasteiger partial charge in [-0.15, -0.1) is 0 Å². The molecule has 1 rings (SSSR count). The van der Waals surface area contributed by atoms with Crippen LogP contribution in [0.3, 0.4) is 0 Å². The zero-order chi connectivity index (χ0) is 9.68. The molecule has 0 fully saturated rings. The average molecular weight is 176 g/mol. The smallest absolute Gasteiger partial charge is 0.0208 e. The molecule has 1 radical (unpaired) electrons. The summed E-state index contributed by atoms with van der Waals surface area (Å²) in [5.41, 5.74) is 1.33. The van der Waals surface area contributed by atoms with Gasteiger partial charge in [-0.05, 0) is 24.5 Å². The van der Waals surface area contributed by atoms with Gasteiger partial charge in [0.05, 0.1) is 0 Å². The molecule has 1 heteroatoms. The Morgan fingerprint density at radius 2 is 1.85 bits per heavy atom. The first-order chi connectivity index (χ1) is 6.20. The van der Waals surface area contributed by atoms with Gasteiger partial charge in [-0.3, -0.25) is 0 Å². The van der Waals surface area contributed by atoms with Gasteiger partial charge < -0.3 is 5.32 Å². The molecule has 13 heavy (non-hydrogen) atoms. The lowest BCUT2D eigenvalue weighted by molar-refractivity contribution is 0.426. The molecule has 0 aliphatic rings. The minimum Gasteiger partial charge on any atom is -0.310 e. The van der Waals surface area contributed by atoms with Gasteiger partial charge in [0.25, 0.3) is 0 Å². The third kappa shape index (κ3) is 3.60. The third-order valence-electron chi connectivity index (χ3n) is 2.42. The number of hydrogen-bond donors (Lipinski definition) is 1. The minimum absolute atomic E-state index is 0.573. The van der Waals surface area contributed by atoms with E-state index in [1.54, 1.807) is 0 Å². The van der Waals surface area contributed by atoms with Crippen molar-refractivity contribution in [2.45, 2.75) is 33.4 Å². The molecule has 1 aromatic rings. The Balaban J connectivity index is 2.35. The molecule has 0 spiro atoms. The van der Waals surface area contributed by atoms with E-state index in [4.69, 9.17) is 0 Å². The molecule has 1 aromatic carbocycles. The Labute approximate surface area is 81.2 Å². The molecular weight excluding hydrogens is 158 g/mol. The van der Waals surface area contributed by atoms with E-state index in [9.17, 15) is 0 Å². The summed E-state index contributed by atoms with van der Waals surface area (Å²) in [7, 11) is 0. The van der Waals surface area contributed by atoms with Crippen molar-refractivity contribution in [1.82, 2.24) is 5.32 Å². The fraction of sp³-hybridized carbons (Fsp3) is 0.500. The highest BCUT2D eigenvalue weighted by Crippen LogP contribution is 2.02. The number of nitrogens with one attached hydrogen (secondary N) is 1. The van der Waals surface area contributed by atoms with E-state index in [0.29, 0.717) is 12.0 Å². The summed E-state index contributed by atoms with van der Waals surface area (Å²) in [4.78, 5) is 0. The van der Waals surface area contributed by atoms with E-state index < -0.39 is 0 Å². The van der Waals surface area contributed by atoms with Crippen molar-refractivity contribution >= 4 is 0 Å². The second-order valence-electron chi connectivity index (χ2n) is 3.82. The Bertz CT molecular complexity index is 228. The molecule has 0 aromatic heterocycles. The van der Waals surface area contributed by atoms with Gasteiger partial charge in [-0.25, -0.2) is 0 Å². The van der Waals surface area contributed by atoms with Crippen molar-refractivity contribution in [3.05, 3.63) is 35.9 Å². The van der Waals surface area contributed by atoms with Gasteiger partial charge in [-0.1, -0.05) is 38.1 Å². The molecule has 0 aliphatic heterocycles. The van der Waals surface area contributed by atoms with Crippen LogP contribution in [-0.4, -0.2) is 6.04 Å². The topological polar surface area (TPSA) is 12.0 Å². The molecule has 0 heterocycles. The van der Waals surface area contributed by atoms with E-state index in [1.807, 2.05) is 12.1 Å². The number of rotatable bonds is 4. The van der Waals surface area contributed by atoms with E-state index in [2.05, 4.69) is 44.3 Å². The lowest BCUT2D eigenvalue weighted by atomic mass is 10.1. The highest BCUT2D eigenvalue weighted by atomic mass is 14.9. The second kappa shape index (κ2) is 5.03. The van der Waals surface area contributed by atoms with Crippen LogP contribution in [0.1, 0.15) is 26.3 Å². The van der Waals surface area contributed by atoms with E-state index in [1.165, 1.54) is 5.56 Å². The lowest BCUT2D eigenvalue weighted by Gasteiger charge is -2.17. The largest absolute Gasteiger partial charge is 0.310 e. The summed E-state index contributed by atoms with van der Waals surface area (Å²) >= 11 is 0. The molecule has 1 unspecified atom stereocenters. The first-order valence-electron chi connectivity index (χ1n) is 4.88. The van der Waals surface area contributed by atoms with Crippen molar-refractivity contribution < 1.29 is 0 Å². The van der Waals surface area contributed by atoms with E-state index in [0.717, 1.165) is 6.54 Å². The monoisotopic (exact) mass is 176 g/mol. The molecule has 71 valence electrons. The molecule has 0 saturated heterocycles. The maximum Gasteiger partial charge on any atom is 0.0208 e. The summed E-state index contributed by atoms with van der Waals surface area (Å²) in [6, 6.07) is 11.7. The van der Waals surface area contributed by atoms with Crippen LogP contribution in [0.2, 0.25) is 0 Å². The van der Waals surface area contributed by atoms with Crippen LogP contribution in [0.5, 0.6) is 0 Å². The Kier molecular flexibility index (Phi) is 3.97. The molecule has 1 nitrogen and oxygen atoms in total. The Morgan fingerprint density at radius 3 is 2.38 bits per heavy atom. The van der Waals surface area contributed by atoms with E-state index in [-0.39, 0.29) is 0 Å². The van der Waals surface area contributed by atoms with Crippen molar-refractivity contribution in [3.63, 3.8) is 0 Å². The zero-order valence-corrected chi connectivity index (χ0v) is 8.67. The summed E-state index contributed by atoms with van der Waals surface area (Å²) in [5.74, 6) is 0.690. The standard InChI is InChI=1S/C12H18N/c1-10(2)11(3)13-9-12-7-5-4-6-8-12/h5-8,10-11,13H,9H2,1-3H3. The van der Waals surface area contributed by atoms with Gasteiger partial charge in [0.15, 0.2) is 0 Å². The van der Waals surface area contributed by atoms with Gasteiger partial charge in [0.1, 0.15) is 0 Å². The van der Waals surface area contributed by atoms with Crippen LogP contribution in [0, 0.1) is 12.0 Å². The fourth-order valence-electron chi connectivity index (χ4n) is 1.05. The van der Waals surface area contributed by atoms with Crippen LogP contribution < -0.4 is 5.32 Å². The average Bonchev–Trinajstić information content (AvgIpc) is 2.15. The molecule has 0 bridgehead atoms. The molecular formula is C12H18N. The minimum atomic E-state index is 0.573. The predicted octanol–water partition coefficient (Wildman–Crippen LogP) is 2.62. The first-order valence-corrected chi connectivity index (χ1v) is 4.88. The number of benzene rings is 1. The summed E-state index contributed by atoms with van der Waals surface area (Å²) in [5, 5.41) is 3.48. The molecule has 0 saturated carbocycles. The summed E-state index contributed by atoms with van der Waals surface area (Å²) in [6.45, 7) is 7.64. The maximum atomic E-state index is 3.48. The van der Waals surface area contributed by atoms with Gasteiger partial charge in [-0.2, -0.15) is 0 Å². The van der Waals surface area contributed by atoms with Crippen LogP contribution in [0.25, 0.3) is 0 Å². The quantitative estimate of drug-likeness (QED) is 0.743. The fourth-order valence-corrected chi connectivity index (χ4v) is 1.05. The van der Waals surface area contributed by atoms with Gasteiger partial charge in [0.2, 0.25) is 0 Å². The first kappa shape index (κ1) is 10.3. The molecule has 0 amide bonds. The summed E-state index contributed by atoms with van der Waals surface area (Å²) in [6.07, 6.45) is 0. The van der Waals surface area contributed by atoms with E-state index >= 15 is 0 Å². The van der Waals surface area contributed by atoms with Crippen molar-refractivity contribution in [3.8, 4) is 0 Å². The van der Waals surface area contributed by atoms with Crippen LogP contribution in [0.4, 0.5) is 0 Å². The van der Waals surface area contributed by atoms with Gasteiger partial charge >= 0.3 is 0 Å². The molecule has 0 aliphatic carbocycles. The van der Waals surface area contributed by atoms with Crippen LogP contribution in [-0.2, 0) is 6.54 Å². The predicted molar refractivity (Wildman–Crippen MR) is 56.4 cm³/mol. The number of hydrogen-bond acceptors (Lipinski definition) is 1. The van der Waals surface area contributed by atoms with Crippen LogP contribution >= 0.6 is 0 Å². The normalized spacial score (nSPS) is 13.2. The zero-order valence-electron chi connectivity index (χ0n) is 8.67. The summed E-state index contributed by atoms with van der Waals surface area (Å²) < 4.78 is 0. The Morgan fingerprint density at radius 1 is 1.23 bits per heavy atom. The second-order valence-corrected chi connectivity index (χ2v) is 3.82. The van der Waals surface area contributed by atoms with Crippen molar-refractivity contribution in [2.24, 2.45) is 5.92 Å². The lowest BCUT2D eigenvalue weighted by Crippen LogP contribution is -2.30. The SMILES string of the molecule is CC(C)C(C)NCc1cc[c]cc1. The highest BCUT2D eigenvalue weighted by Gasteiger charge is 2.04. The molecule has 1 atom stereocenters. The maximum absolute atomic E-state index is 3.48. The Hall–Kier alpha value is -0.820. The van der Waals surface area contributed by atoms with Crippen molar-refractivity contribution in [2.75, 3.05) is 0 Å². The van der Waals surface area contributed by atoms with Crippen LogP contribution in [0.15, 0.2) is 24.3 Å².